The smallest absolute Gasteiger partial charge is 0.255 e. The molecular weight excluding hydrogens is 644 g/mol. The number of carbonyl (C=O) groups excluding carboxylic acids is 2. The molecule has 256 valence electrons. The molecule has 13 heteroatoms. The maximum absolute atomic E-state index is 13.7. The number of carbonyl (C=O) groups is 2. The summed E-state index contributed by atoms with van der Waals surface area (Å²) in [6, 6.07) is 11.0. The fraction of sp³-hybridized carbons (Fsp3) is 0.417. The summed E-state index contributed by atoms with van der Waals surface area (Å²) < 4.78 is 15.6. The third-order valence-electron chi connectivity index (χ3n) is 9.92. The van der Waals surface area contributed by atoms with Gasteiger partial charge in [-0.1, -0.05) is 18.0 Å². The van der Waals surface area contributed by atoms with E-state index in [9.17, 15) is 9.59 Å². The SMILES string of the molecule is COc1cc(C(=O)N2CC[C@@H](OC)[C@@H](N)C2)cc2nc(-c3cc4ccc5nc4n3CCCCCc3ccnc(Cl)c3C(=O)N[C@@H]5C)n(C)c12. The van der Waals surface area contributed by atoms with Gasteiger partial charge in [-0.25, -0.2) is 15.0 Å². The van der Waals surface area contributed by atoms with Crippen molar-refractivity contribution in [1.29, 1.82) is 0 Å². The molecule has 0 spiro atoms. The number of hydrogen-bond donors (Lipinski definition) is 2. The summed E-state index contributed by atoms with van der Waals surface area (Å²) in [5.74, 6) is 0.929. The lowest BCUT2D eigenvalue weighted by Gasteiger charge is -2.36. The molecule has 12 nitrogen and oxygen atoms in total. The quantitative estimate of drug-likeness (QED) is 0.251. The van der Waals surface area contributed by atoms with Gasteiger partial charge in [0.05, 0.1) is 41.7 Å². The van der Waals surface area contributed by atoms with Crippen LogP contribution >= 0.6 is 11.6 Å². The normalized spacial score (nSPS) is 20.3. The number of rotatable bonds is 4. The summed E-state index contributed by atoms with van der Waals surface area (Å²) in [7, 11) is 5.22. The number of piperidine rings is 1. The van der Waals surface area contributed by atoms with Crippen LogP contribution in [-0.4, -0.2) is 80.3 Å². The number of amides is 2. The fourth-order valence-corrected chi connectivity index (χ4v) is 7.52. The van der Waals surface area contributed by atoms with E-state index < -0.39 is 0 Å². The highest BCUT2D eigenvalue weighted by Crippen LogP contribution is 2.35. The van der Waals surface area contributed by atoms with Crippen molar-refractivity contribution in [2.45, 2.75) is 63.8 Å². The molecule has 6 heterocycles. The lowest BCUT2D eigenvalue weighted by atomic mass is 10.0. The van der Waals surface area contributed by atoms with Gasteiger partial charge >= 0.3 is 0 Å². The minimum absolute atomic E-state index is 0.0659. The summed E-state index contributed by atoms with van der Waals surface area (Å²) in [4.78, 5) is 43.2. The Balaban J connectivity index is 1.28. The van der Waals surface area contributed by atoms with Crippen molar-refractivity contribution in [2.24, 2.45) is 12.8 Å². The van der Waals surface area contributed by atoms with Crippen LogP contribution < -0.4 is 15.8 Å². The van der Waals surface area contributed by atoms with Gasteiger partial charge < -0.3 is 34.6 Å². The largest absolute Gasteiger partial charge is 0.494 e. The molecule has 2 amide bonds. The molecule has 1 fully saturated rings. The van der Waals surface area contributed by atoms with Crippen LogP contribution in [0.2, 0.25) is 5.15 Å². The van der Waals surface area contributed by atoms with Gasteiger partial charge in [-0.05, 0) is 74.6 Å². The zero-order chi connectivity index (χ0) is 34.4. The zero-order valence-corrected chi connectivity index (χ0v) is 29.0. The predicted molar refractivity (Wildman–Crippen MR) is 188 cm³/mol. The van der Waals surface area contributed by atoms with E-state index in [0.29, 0.717) is 41.9 Å². The molecule has 2 aliphatic heterocycles. The second kappa shape index (κ2) is 13.4. The molecular formula is C36H41ClN8O4. The lowest BCUT2D eigenvalue weighted by Crippen LogP contribution is -2.53. The summed E-state index contributed by atoms with van der Waals surface area (Å²) in [5, 5.41) is 4.26. The van der Waals surface area contributed by atoms with E-state index in [1.165, 1.54) is 0 Å². The molecule has 7 rings (SSSR count). The molecule has 2 aliphatic rings. The van der Waals surface area contributed by atoms with Crippen LogP contribution in [0.5, 0.6) is 5.75 Å². The molecule has 1 aromatic carbocycles. The first-order valence-electron chi connectivity index (χ1n) is 16.7. The Hall–Kier alpha value is -4.52. The van der Waals surface area contributed by atoms with Crippen molar-refractivity contribution in [3.8, 4) is 17.3 Å². The number of likely N-dealkylation sites (tertiary alicyclic amines) is 1. The van der Waals surface area contributed by atoms with Gasteiger partial charge in [0.2, 0.25) is 0 Å². The van der Waals surface area contributed by atoms with Crippen LogP contribution in [0.4, 0.5) is 0 Å². The average Bonchev–Trinajstić information content (AvgIpc) is 3.63. The molecule has 0 unspecified atom stereocenters. The number of aromatic nitrogens is 5. The number of nitrogens with one attached hydrogen (secondary N) is 1. The van der Waals surface area contributed by atoms with Gasteiger partial charge in [0, 0.05) is 57.0 Å². The van der Waals surface area contributed by atoms with Gasteiger partial charge in [-0.3, -0.25) is 9.59 Å². The monoisotopic (exact) mass is 684 g/mol. The molecule has 3 atom stereocenters. The van der Waals surface area contributed by atoms with Crippen molar-refractivity contribution in [3.05, 3.63) is 70.1 Å². The number of benzene rings is 1. The number of imidazole rings is 1. The minimum Gasteiger partial charge on any atom is -0.494 e. The third kappa shape index (κ3) is 6.02. The van der Waals surface area contributed by atoms with E-state index in [0.717, 1.165) is 71.6 Å². The van der Waals surface area contributed by atoms with Crippen LogP contribution in [-0.2, 0) is 24.8 Å². The Bertz CT molecular complexity index is 2070. The molecule has 2 bridgehead atoms. The average molecular weight is 685 g/mol. The van der Waals surface area contributed by atoms with Crippen LogP contribution in [0.15, 0.2) is 42.6 Å². The van der Waals surface area contributed by atoms with Crippen LogP contribution in [0, 0.1) is 0 Å². The fourth-order valence-electron chi connectivity index (χ4n) is 7.26. The van der Waals surface area contributed by atoms with E-state index in [1.807, 2.05) is 42.8 Å². The molecule has 0 saturated carbocycles. The first kappa shape index (κ1) is 33.0. The lowest BCUT2D eigenvalue weighted by molar-refractivity contribution is 0.0227. The van der Waals surface area contributed by atoms with Crippen molar-refractivity contribution >= 4 is 45.5 Å². The van der Waals surface area contributed by atoms with E-state index in [2.05, 4.69) is 20.9 Å². The van der Waals surface area contributed by atoms with Gasteiger partial charge in [0.1, 0.15) is 22.1 Å². The molecule has 1 saturated heterocycles. The number of ether oxygens (including phenoxy) is 2. The maximum atomic E-state index is 13.7. The Morgan fingerprint density at radius 2 is 1.92 bits per heavy atom. The topological polar surface area (TPSA) is 142 Å². The number of hydrogen-bond acceptors (Lipinski definition) is 8. The zero-order valence-electron chi connectivity index (χ0n) is 28.2. The van der Waals surface area contributed by atoms with Gasteiger partial charge in [0.25, 0.3) is 11.8 Å². The van der Waals surface area contributed by atoms with Gasteiger partial charge in [-0.2, -0.15) is 0 Å². The van der Waals surface area contributed by atoms with Crippen molar-refractivity contribution in [2.75, 3.05) is 27.3 Å². The Morgan fingerprint density at radius 3 is 2.69 bits per heavy atom. The summed E-state index contributed by atoms with van der Waals surface area (Å²) in [5.41, 5.74) is 12.0. The van der Waals surface area contributed by atoms with E-state index >= 15 is 0 Å². The Labute approximate surface area is 289 Å². The number of pyridine rings is 2. The second-order valence-electron chi connectivity index (χ2n) is 13.0. The molecule has 5 aromatic rings. The summed E-state index contributed by atoms with van der Waals surface area (Å²) in [6.45, 7) is 3.62. The molecule has 49 heavy (non-hydrogen) atoms. The first-order chi connectivity index (χ1) is 23.7. The predicted octanol–water partition coefficient (Wildman–Crippen LogP) is 5.05. The van der Waals surface area contributed by atoms with E-state index in [-0.39, 0.29) is 35.2 Å². The van der Waals surface area contributed by atoms with Crippen molar-refractivity contribution in [3.63, 3.8) is 0 Å². The highest BCUT2D eigenvalue weighted by molar-refractivity contribution is 6.32. The number of nitrogens with zero attached hydrogens (tertiary/aromatic N) is 6. The second-order valence-corrected chi connectivity index (χ2v) is 13.3. The number of aryl methyl sites for hydroxylation is 3. The number of methoxy groups -OCH3 is 2. The molecule has 0 radical (unpaired) electrons. The molecule has 0 aliphatic carbocycles. The Kier molecular flexibility index (Phi) is 9.03. The highest BCUT2D eigenvalue weighted by Gasteiger charge is 2.31. The number of fused-ring (bicyclic) bond motifs is 3. The summed E-state index contributed by atoms with van der Waals surface area (Å²) in [6.07, 6.45) is 5.70. The van der Waals surface area contributed by atoms with Crippen molar-refractivity contribution in [1.82, 2.24) is 34.3 Å². The maximum Gasteiger partial charge on any atom is 0.255 e. The Morgan fingerprint density at radius 1 is 1.08 bits per heavy atom. The van der Waals surface area contributed by atoms with Crippen LogP contribution in [0.25, 0.3) is 33.6 Å². The first-order valence-corrected chi connectivity index (χ1v) is 17.1. The van der Waals surface area contributed by atoms with Crippen molar-refractivity contribution < 1.29 is 19.1 Å². The van der Waals surface area contributed by atoms with E-state index in [1.54, 1.807) is 31.4 Å². The minimum atomic E-state index is -0.374. The van der Waals surface area contributed by atoms with Gasteiger partial charge in [0.15, 0.2) is 5.82 Å². The molecule has 4 aromatic heterocycles. The third-order valence-corrected chi connectivity index (χ3v) is 10.2. The standard InChI is InChI=1S/C36H41ClN8O4/c1-20-25-10-9-22-17-27(45(33(22)41-25)14-7-5-6-8-21-11-13-39-32(37)30(21)35(46)40-20)34-42-26-16-23(18-29(49-4)31(26)43(34)2)36(47)44-15-12-28(48-3)24(38)19-44/h9-11,13,16-18,20,24,28H,5-8,12,14-15,19,38H2,1-4H3,(H,40,46)/t20-,24+,28-/m1/s1. The van der Waals surface area contributed by atoms with Crippen LogP contribution in [0.1, 0.15) is 70.6 Å². The van der Waals surface area contributed by atoms with Gasteiger partial charge in [-0.15, -0.1) is 0 Å². The molecule has 3 N–H and O–H groups in total. The van der Waals surface area contributed by atoms with Crippen LogP contribution in [0.3, 0.4) is 0 Å². The summed E-state index contributed by atoms with van der Waals surface area (Å²) >= 11 is 6.42. The van der Waals surface area contributed by atoms with E-state index in [4.69, 9.17) is 36.8 Å². The number of halogens is 1. The highest BCUT2D eigenvalue weighted by atomic mass is 35.5. The number of nitrogens with two attached hydrogens (primary N) is 1.